The van der Waals surface area contributed by atoms with Crippen molar-refractivity contribution in [2.75, 3.05) is 41.3 Å². The molecular formula is C20H19ClF3N7. The summed E-state index contributed by atoms with van der Waals surface area (Å²) in [6, 6.07) is 8.32. The number of aromatic nitrogens is 4. The van der Waals surface area contributed by atoms with Gasteiger partial charge in [-0.1, -0.05) is 11.6 Å². The Balaban J connectivity index is 1.45. The zero-order chi connectivity index (χ0) is 22.0. The average molecular weight is 450 g/mol. The van der Waals surface area contributed by atoms with Crippen LogP contribution in [0.15, 0.2) is 42.6 Å². The molecule has 1 fully saturated rings. The van der Waals surface area contributed by atoms with E-state index in [0.29, 0.717) is 48.7 Å². The van der Waals surface area contributed by atoms with Crippen LogP contribution in [0.25, 0.3) is 0 Å². The predicted molar refractivity (Wildman–Crippen MR) is 113 cm³/mol. The smallest absolute Gasteiger partial charge is 0.352 e. The Labute approximate surface area is 181 Å². The molecule has 1 N–H and O–H groups in total. The first-order chi connectivity index (χ1) is 14.8. The third-order valence-corrected chi connectivity index (χ3v) is 5.10. The van der Waals surface area contributed by atoms with Crippen molar-refractivity contribution >= 4 is 35.0 Å². The molecule has 1 aromatic carbocycles. The van der Waals surface area contributed by atoms with E-state index in [9.17, 15) is 13.2 Å². The lowest BCUT2D eigenvalue weighted by atomic mass is 10.2. The van der Waals surface area contributed by atoms with Gasteiger partial charge in [0, 0.05) is 38.1 Å². The summed E-state index contributed by atoms with van der Waals surface area (Å²) in [4.78, 5) is 21.6. The molecule has 3 aromatic rings. The van der Waals surface area contributed by atoms with Crippen molar-refractivity contribution in [1.29, 1.82) is 0 Å². The molecule has 3 heterocycles. The molecule has 0 spiro atoms. The van der Waals surface area contributed by atoms with Gasteiger partial charge in [0.1, 0.15) is 11.6 Å². The van der Waals surface area contributed by atoms with E-state index < -0.39 is 11.7 Å². The first-order valence-corrected chi connectivity index (χ1v) is 9.95. The Kier molecular flexibility index (Phi) is 5.81. The zero-order valence-corrected chi connectivity index (χ0v) is 17.3. The lowest BCUT2D eigenvalue weighted by Crippen LogP contribution is -2.47. The van der Waals surface area contributed by atoms with Crippen LogP contribution in [0.4, 0.5) is 36.6 Å². The molecule has 1 aliphatic heterocycles. The number of alkyl halides is 3. The second-order valence-corrected chi connectivity index (χ2v) is 7.40. The van der Waals surface area contributed by atoms with E-state index in [2.05, 4.69) is 30.2 Å². The van der Waals surface area contributed by atoms with Gasteiger partial charge in [0.2, 0.25) is 11.9 Å². The number of piperazine rings is 1. The number of hydrogen-bond donors (Lipinski definition) is 1. The van der Waals surface area contributed by atoms with E-state index in [1.807, 2.05) is 11.0 Å². The molecule has 2 aromatic heterocycles. The van der Waals surface area contributed by atoms with Crippen LogP contribution in [0, 0.1) is 6.92 Å². The fourth-order valence-corrected chi connectivity index (χ4v) is 3.51. The maximum absolute atomic E-state index is 12.7. The van der Waals surface area contributed by atoms with Crippen molar-refractivity contribution in [3.8, 4) is 0 Å². The van der Waals surface area contributed by atoms with Crippen molar-refractivity contribution in [2.24, 2.45) is 0 Å². The summed E-state index contributed by atoms with van der Waals surface area (Å²) in [7, 11) is 0. The summed E-state index contributed by atoms with van der Waals surface area (Å²) < 4.78 is 38.2. The summed E-state index contributed by atoms with van der Waals surface area (Å²) in [5, 5.41) is 3.56. The average Bonchev–Trinajstić information content (AvgIpc) is 2.74. The lowest BCUT2D eigenvalue weighted by Gasteiger charge is -2.35. The summed E-state index contributed by atoms with van der Waals surface area (Å²) in [6.07, 6.45) is -2.67. The number of hydrogen-bond acceptors (Lipinski definition) is 7. The molecule has 0 aliphatic carbocycles. The fourth-order valence-electron chi connectivity index (χ4n) is 3.26. The van der Waals surface area contributed by atoms with Crippen LogP contribution in [0.2, 0.25) is 5.02 Å². The van der Waals surface area contributed by atoms with Crippen LogP contribution in [-0.4, -0.2) is 46.1 Å². The van der Waals surface area contributed by atoms with E-state index in [4.69, 9.17) is 11.6 Å². The van der Waals surface area contributed by atoms with Gasteiger partial charge in [-0.2, -0.15) is 28.1 Å². The van der Waals surface area contributed by atoms with Crippen LogP contribution in [0.5, 0.6) is 0 Å². The first kappa shape index (κ1) is 21.1. The molecule has 0 radical (unpaired) electrons. The second kappa shape index (κ2) is 8.54. The van der Waals surface area contributed by atoms with Gasteiger partial charge in [0.25, 0.3) is 0 Å². The third kappa shape index (κ3) is 4.96. The van der Waals surface area contributed by atoms with Crippen molar-refractivity contribution < 1.29 is 13.2 Å². The van der Waals surface area contributed by atoms with Crippen molar-refractivity contribution in [3.63, 3.8) is 0 Å². The molecule has 31 heavy (non-hydrogen) atoms. The zero-order valence-electron chi connectivity index (χ0n) is 16.6. The van der Waals surface area contributed by atoms with Gasteiger partial charge in [0.05, 0.1) is 10.6 Å². The second-order valence-electron chi connectivity index (χ2n) is 6.99. The largest absolute Gasteiger partial charge is 0.416 e. The highest BCUT2D eigenvalue weighted by molar-refractivity contribution is 6.32. The monoisotopic (exact) mass is 449 g/mol. The molecule has 0 bridgehead atoms. The van der Waals surface area contributed by atoms with Gasteiger partial charge in [0.15, 0.2) is 0 Å². The minimum absolute atomic E-state index is 0.275. The number of nitrogens with one attached hydrogen (secondary N) is 1. The van der Waals surface area contributed by atoms with E-state index in [0.717, 1.165) is 18.0 Å². The molecule has 0 unspecified atom stereocenters. The van der Waals surface area contributed by atoms with Gasteiger partial charge in [-0.3, -0.25) is 0 Å². The van der Waals surface area contributed by atoms with Gasteiger partial charge in [-0.05, 0) is 43.3 Å². The molecule has 0 saturated carbocycles. The number of aryl methyl sites for hydroxylation is 1. The van der Waals surface area contributed by atoms with Crippen LogP contribution in [0.1, 0.15) is 11.4 Å². The summed E-state index contributed by atoms with van der Waals surface area (Å²) in [6.45, 7) is 4.46. The lowest BCUT2D eigenvalue weighted by molar-refractivity contribution is -0.137. The first-order valence-electron chi connectivity index (χ1n) is 9.57. The van der Waals surface area contributed by atoms with Crippen LogP contribution in [0.3, 0.4) is 0 Å². The van der Waals surface area contributed by atoms with Gasteiger partial charge in [-0.25, -0.2) is 4.98 Å². The topological polar surface area (TPSA) is 70.1 Å². The summed E-state index contributed by atoms with van der Waals surface area (Å²) >= 11 is 6.24. The molecule has 4 rings (SSSR count). The molecule has 0 atom stereocenters. The number of rotatable bonds is 4. The fraction of sp³-hybridized carbons (Fsp3) is 0.300. The van der Waals surface area contributed by atoms with E-state index in [1.54, 1.807) is 19.2 Å². The Hall–Kier alpha value is -3.14. The number of anilines is 4. The van der Waals surface area contributed by atoms with E-state index >= 15 is 0 Å². The third-order valence-electron chi connectivity index (χ3n) is 4.80. The highest BCUT2D eigenvalue weighted by Crippen LogP contribution is 2.30. The number of nitrogens with zero attached hydrogens (tertiary/aromatic N) is 6. The molecule has 0 amide bonds. The summed E-state index contributed by atoms with van der Waals surface area (Å²) in [5.41, 5.74) is -0.254. The standard InChI is InChI=1S/C20H19ClF3N7/c1-13-26-18(28-15-6-4-14(5-7-15)20(22,23)24)29-19(27-13)31-11-9-30(10-12-31)17-16(21)3-2-8-25-17/h2-8H,9-12H2,1H3,(H,26,27,28,29). The molecule has 162 valence electrons. The molecular weight excluding hydrogens is 431 g/mol. The number of halogens is 4. The van der Waals surface area contributed by atoms with Crippen molar-refractivity contribution in [1.82, 2.24) is 19.9 Å². The minimum Gasteiger partial charge on any atom is -0.352 e. The van der Waals surface area contributed by atoms with Crippen molar-refractivity contribution in [3.05, 3.63) is 59.0 Å². The van der Waals surface area contributed by atoms with Crippen LogP contribution >= 0.6 is 11.6 Å². The van der Waals surface area contributed by atoms with Crippen LogP contribution < -0.4 is 15.1 Å². The molecule has 1 aliphatic rings. The highest BCUT2D eigenvalue weighted by atomic mass is 35.5. The van der Waals surface area contributed by atoms with Gasteiger partial charge >= 0.3 is 6.18 Å². The Morgan fingerprint density at radius 3 is 2.26 bits per heavy atom. The summed E-state index contributed by atoms with van der Waals surface area (Å²) in [5.74, 6) is 2.04. The van der Waals surface area contributed by atoms with Crippen LogP contribution in [-0.2, 0) is 6.18 Å². The van der Waals surface area contributed by atoms with Gasteiger partial charge < -0.3 is 15.1 Å². The SMILES string of the molecule is Cc1nc(Nc2ccc(C(F)(F)F)cc2)nc(N2CCN(c3ncccc3Cl)CC2)n1. The normalized spacial score (nSPS) is 14.6. The number of pyridine rings is 1. The van der Waals surface area contributed by atoms with Gasteiger partial charge in [-0.15, -0.1) is 0 Å². The van der Waals surface area contributed by atoms with E-state index in [-0.39, 0.29) is 5.95 Å². The number of benzene rings is 1. The predicted octanol–water partition coefficient (Wildman–Crippen LogP) is 4.32. The maximum Gasteiger partial charge on any atom is 0.416 e. The maximum atomic E-state index is 12.7. The molecule has 1 saturated heterocycles. The Morgan fingerprint density at radius 1 is 0.935 bits per heavy atom. The van der Waals surface area contributed by atoms with E-state index in [1.165, 1.54) is 12.1 Å². The Bertz CT molecular complexity index is 1050. The quantitative estimate of drug-likeness (QED) is 0.636. The Morgan fingerprint density at radius 2 is 1.61 bits per heavy atom. The minimum atomic E-state index is -4.38. The highest BCUT2D eigenvalue weighted by Gasteiger charge is 2.30. The molecule has 7 nitrogen and oxygen atoms in total. The van der Waals surface area contributed by atoms with Crippen molar-refractivity contribution in [2.45, 2.75) is 13.1 Å². The molecule has 11 heteroatoms.